The fraction of sp³-hybridized carbons (Fsp3) is 0. The van der Waals surface area contributed by atoms with Crippen molar-refractivity contribution in [3.63, 3.8) is 0 Å². The maximum atomic E-state index is 10.7. The monoisotopic (exact) mass is 210 g/mol. The Morgan fingerprint density at radius 3 is 2.86 bits per heavy atom. The van der Waals surface area contributed by atoms with Crippen LogP contribution in [0.3, 0.4) is 0 Å². The highest BCUT2D eigenvalue weighted by Crippen LogP contribution is 2.29. The number of carboxylic acids is 1. The van der Waals surface area contributed by atoms with E-state index in [9.17, 15) is 4.79 Å². The maximum absolute atomic E-state index is 10.7. The van der Waals surface area contributed by atoms with E-state index in [0.717, 1.165) is 0 Å². The van der Waals surface area contributed by atoms with Crippen LogP contribution in [0.15, 0.2) is 18.2 Å². The van der Waals surface area contributed by atoms with Crippen LogP contribution in [0.4, 0.5) is 5.69 Å². The summed E-state index contributed by atoms with van der Waals surface area (Å²) >= 11 is 5.91. The summed E-state index contributed by atoms with van der Waals surface area (Å²) in [7, 11) is 0. The Kier molecular flexibility index (Phi) is 1.86. The number of hydrogen-bond acceptors (Lipinski definition) is 2. The standard InChI is InChI=1S/C9H7ClN2O2/c10-8-4-3-7(9(13)14)12-6(4)2-1-5(8)11/h1-3,12H,11H2,(H,13,14). The average Bonchev–Trinajstić information content (AvgIpc) is 2.56. The van der Waals surface area contributed by atoms with Crippen molar-refractivity contribution in [1.82, 2.24) is 4.98 Å². The molecule has 4 N–H and O–H groups in total. The highest BCUT2D eigenvalue weighted by atomic mass is 35.5. The van der Waals surface area contributed by atoms with Crippen molar-refractivity contribution in [2.24, 2.45) is 0 Å². The lowest BCUT2D eigenvalue weighted by atomic mass is 10.2. The minimum atomic E-state index is -1.02. The quantitative estimate of drug-likeness (QED) is 0.631. The molecule has 0 atom stereocenters. The van der Waals surface area contributed by atoms with Gasteiger partial charge in [0.1, 0.15) is 5.69 Å². The van der Waals surface area contributed by atoms with Crippen LogP contribution in [0.2, 0.25) is 5.02 Å². The van der Waals surface area contributed by atoms with E-state index in [0.29, 0.717) is 21.6 Å². The number of benzene rings is 1. The Balaban J connectivity index is 2.77. The first-order valence-corrected chi connectivity index (χ1v) is 4.27. The second kappa shape index (κ2) is 2.92. The third kappa shape index (κ3) is 1.20. The van der Waals surface area contributed by atoms with Gasteiger partial charge in [-0.15, -0.1) is 0 Å². The van der Waals surface area contributed by atoms with E-state index in [2.05, 4.69) is 4.98 Å². The molecular weight excluding hydrogens is 204 g/mol. The molecule has 0 aliphatic carbocycles. The van der Waals surface area contributed by atoms with Crippen molar-refractivity contribution in [1.29, 1.82) is 0 Å². The first-order chi connectivity index (χ1) is 6.59. The number of aromatic carboxylic acids is 1. The van der Waals surface area contributed by atoms with Gasteiger partial charge in [0, 0.05) is 10.9 Å². The van der Waals surface area contributed by atoms with Crippen LogP contribution in [0.5, 0.6) is 0 Å². The molecule has 0 bridgehead atoms. The number of rotatable bonds is 1. The van der Waals surface area contributed by atoms with Crippen molar-refractivity contribution in [3.05, 3.63) is 28.9 Å². The van der Waals surface area contributed by atoms with Crippen molar-refractivity contribution < 1.29 is 9.90 Å². The lowest BCUT2D eigenvalue weighted by molar-refractivity contribution is 0.0691. The van der Waals surface area contributed by atoms with E-state index in [1.54, 1.807) is 12.1 Å². The molecule has 0 amide bonds. The third-order valence-corrected chi connectivity index (χ3v) is 2.42. The van der Waals surface area contributed by atoms with Gasteiger partial charge in [-0.25, -0.2) is 4.79 Å². The molecule has 1 aromatic carbocycles. The number of carboxylic acid groups (broad SMARTS) is 1. The van der Waals surface area contributed by atoms with E-state index >= 15 is 0 Å². The fourth-order valence-corrected chi connectivity index (χ4v) is 1.52. The van der Waals surface area contributed by atoms with Gasteiger partial charge in [-0.3, -0.25) is 0 Å². The smallest absolute Gasteiger partial charge is 0.352 e. The van der Waals surface area contributed by atoms with Gasteiger partial charge in [0.05, 0.1) is 10.7 Å². The van der Waals surface area contributed by atoms with Crippen LogP contribution >= 0.6 is 11.6 Å². The van der Waals surface area contributed by atoms with E-state index < -0.39 is 5.97 Å². The van der Waals surface area contributed by atoms with Crippen molar-refractivity contribution in [3.8, 4) is 0 Å². The summed E-state index contributed by atoms with van der Waals surface area (Å²) in [5, 5.41) is 9.75. The number of nitrogens with two attached hydrogens (primary N) is 1. The predicted molar refractivity (Wildman–Crippen MR) is 54.7 cm³/mol. The second-order valence-corrected chi connectivity index (χ2v) is 3.30. The number of fused-ring (bicyclic) bond motifs is 1. The van der Waals surface area contributed by atoms with Gasteiger partial charge in [-0.1, -0.05) is 11.6 Å². The topological polar surface area (TPSA) is 79.1 Å². The number of nitrogen functional groups attached to an aromatic ring is 1. The minimum absolute atomic E-state index is 0.104. The van der Waals surface area contributed by atoms with Crippen LogP contribution in [-0.2, 0) is 0 Å². The average molecular weight is 211 g/mol. The number of aromatic amines is 1. The largest absolute Gasteiger partial charge is 0.477 e. The van der Waals surface area contributed by atoms with Crippen LogP contribution in [0.1, 0.15) is 10.5 Å². The summed E-state index contributed by atoms with van der Waals surface area (Å²) in [6.45, 7) is 0. The summed E-state index contributed by atoms with van der Waals surface area (Å²) in [6.07, 6.45) is 0. The SMILES string of the molecule is Nc1ccc2[nH]c(C(=O)O)cc2c1Cl. The number of halogens is 1. The van der Waals surface area contributed by atoms with Gasteiger partial charge >= 0.3 is 5.97 Å². The van der Waals surface area contributed by atoms with Gasteiger partial charge in [0.2, 0.25) is 0 Å². The molecule has 1 heterocycles. The third-order valence-electron chi connectivity index (χ3n) is 2.00. The Hall–Kier alpha value is -1.68. The van der Waals surface area contributed by atoms with Crippen LogP contribution in [0.25, 0.3) is 10.9 Å². The molecule has 0 saturated heterocycles. The Morgan fingerprint density at radius 2 is 2.21 bits per heavy atom. The zero-order valence-corrected chi connectivity index (χ0v) is 7.80. The molecule has 0 aliphatic heterocycles. The molecule has 0 aliphatic rings. The number of anilines is 1. The molecular formula is C9H7ClN2O2. The molecule has 0 saturated carbocycles. The molecule has 0 radical (unpaired) electrons. The number of nitrogens with one attached hydrogen (secondary N) is 1. The van der Waals surface area contributed by atoms with E-state index in [-0.39, 0.29) is 5.69 Å². The summed E-state index contributed by atoms with van der Waals surface area (Å²) in [4.78, 5) is 13.4. The number of carbonyl (C=O) groups is 1. The molecule has 14 heavy (non-hydrogen) atoms. The Labute approximate surface area is 84.3 Å². The number of aromatic nitrogens is 1. The van der Waals surface area contributed by atoms with E-state index in [4.69, 9.17) is 22.4 Å². The summed E-state index contributed by atoms with van der Waals surface area (Å²) in [6, 6.07) is 4.80. The van der Waals surface area contributed by atoms with Gasteiger partial charge < -0.3 is 15.8 Å². The fourth-order valence-electron chi connectivity index (χ4n) is 1.30. The number of H-pyrrole nitrogens is 1. The van der Waals surface area contributed by atoms with Gasteiger partial charge in [-0.05, 0) is 18.2 Å². The van der Waals surface area contributed by atoms with Crippen LogP contribution in [0, 0.1) is 0 Å². The van der Waals surface area contributed by atoms with Crippen molar-refractivity contribution in [2.75, 3.05) is 5.73 Å². The van der Waals surface area contributed by atoms with Crippen LogP contribution in [-0.4, -0.2) is 16.1 Å². The first kappa shape index (κ1) is 8.90. The van der Waals surface area contributed by atoms with E-state index in [1.807, 2.05) is 0 Å². The summed E-state index contributed by atoms with van der Waals surface area (Å²) in [5.41, 5.74) is 6.79. The summed E-state index contributed by atoms with van der Waals surface area (Å²) in [5.74, 6) is -1.02. The van der Waals surface area contributed by atoms with Crippen LogP contribution < -0.4 is 5.73 Å². The molecule has 0 unspecified atom stereocenters. The molecule has 72 valence electrons. The predicted octanol–water partition coefficient (Wildman–Crippen LogP) is 2.10. The normalized spacial score (nSPS) is 10.6. The lowest BCUT2D eigenvalue weighted by Crippen LogP contribution is -1.94. The second-order valence-electron chi connectivity index (χ2n) is 2.92. The molecule has 1 aromatic heterocycles. The zero-order valence-electron chi connectivity index (χ0n) is 7.04. The Morgan fingerprint density at radius 1 is 1.50 bits per heavy atom. The van der Waals surface area contributed by atoms with Crippen molar-refractivity contribution >= 4 is 34.2 Å². The molecule has 2 aromatic rings. The summed E-state index contributed by atoms with van der Waals surface area (Å²) < 4.78 is 0. The number of hydrogen-bond donors (Lipinski definition) is 3. The molecule has 0 fully saturated rings. The first-order valence-electron chi connectivity index (χ1n) is 3.89. The lowest BCUT2D eigenvalue weighted by Gasteiger charge is -1.97. The molecule has 4 nitrogen and oxygen atoms in total. The molecule has 2 rings (SSSR count). The Bertz CT molecular complexity index is 519. The van der Waals surface area contributed by atoms with E-state index in [1.165, 1.54) is 6.07 Å². The maximum Gasteiger partial charge on any atom is 0.352 e. The molecule has 0 spiro atoms. The van der Waals surface area contributed by atoms with Gasteiger partial charge in [0.15, 0.2) is 0 Å². The molecule has 5 heteroatoms. The zero-order chi connectivity index (χ0) is 10.3. The highest BCUT2D eigenvalue weighted by Gasteiger charge is 2.10. The van der Waals surface area contributed by atoms with Gasteiger partial charge in [-0.2, -0.15) is 0 Å². The van der Waals surface area contributed by atoms with Gasteiger partial charge in [0.25, 0.3) is 0 Å². The highest BCUT2D eigenvalue weighted by molar-refractivity contribution is 6.38. The minimum Gasteiger partial charge on any atom is -0.477 e. The van der Waals surface area contributed by atoms with Crippen molar-refractivity contribution in [2.45, 2.75) is 0 Å².